The predicted octanol–water partition coefficient (Wildman–Crippen LogP) is 1.06. The van der Waals surface area contributed by atoms with Crippen LogP contribution in [0.4, 0.5) is 5.69 Å². The first-order valence-electron chi connectivity index (χ1n) is 5.81. The van der Waals surface area contributed by atoms with Gasteiger partial charge in [0.25, 0.3) is 0 Å². The SMILES string of the molecule is CC(N)c1ccc(N2CCCC(O)C2)cn1. The summed E-state index contributed by atoms with van der Waals surface area (Å²) in [6.45, 7) is 3.63. The molecular formula is C12H19N3O. The second-order valence-corrected chi connectivity index (χ2v) is 4.47. The van der Waals surface area contributed by atoms with Crippen molar-refractivity contribution in [3.05, 3.63) is 24.0 Å². The molecule has 0 radical (unpaired) electrons. The molecule has 3 N–H and O–H groups in total. The van der Waals surface area contributed by atoms with Gasteiger partial charge in [0.2, 0.25) is 0 Å². The number of hydrogen-bond acceptors (Lipinski definition) is 4. The smallest absolute Gasteiger partial charge is 0.0715 e. The standard InChI is InChI=1S/C12H19N3O/c1-9(13)12-5-4-10(7-14-12)15-6-2-3-11(16)8-15/h4-5,7,9,11,16H,2-3,6,8,13H2,1H3. The Hall–Kier alpha value is -1.13. The van der Waals surface area contributed by atoms with Crippen molar-refractivity contribution in [1.29, 1.82) is 0 Å². The Morgan fingerprint density at radius 1 is 1.56 bits per heavy atom. The molecule has 0 saturated carbocycles. The molecule has 16 heavy (non-hydrogen) atoms. The summed E-state index contributed by atoms with van der Waals surface area (Å²) in [5, 5.41) is 9.60. The summed E-state index contributed by atoms with van der Waals surface area (Å²) in [5.74, 6) is 0. The molecule has 1 aliphatic rings. The molecule has 88 valence electrons. The normalized spacial score (nSPS) is 23.2. The van der Waals surface area contributed by atoms with Crippen LogP contribution in [0.5, 0.6) is 0 Å². The number of pyridine rings is 1. The lowest BCUT2D eigenvalue weighted by Crippen LogP contribution is -2.38. The third kappa shape index (κ3) is 2.51. The summed E-state index contributed by atoms with van der Waals surface area (Å²) in [5.41, 5.74) is 7.72. The lowest BCUT2D eigenvalue weighted by molar-refractivity contribution is 0.154. The lowest BCUT2D eigenvalue weighted by atomic mass is 10.1. The molecule has 2 heterocycles. The van der Waals surface area contributed by atoms with Crippen LogP contribution in [0.1, 0.15) is 31.5 Å². The van der Waals surface area contributed by atoms with Crippen LogP contribution in [0, 0.1) is 0 Å². The number of nitrogens with two attached hydrogens (primary N) is 1. The van der Waals surface area contributed by atoms with Gasteiger partial charge >= 0.3 is 0 Å². The summed E-state index contributed by atoms with van der Waals surface area (Å²) in [6.07, 6.45) is 3.58. The third-order valence-corrected chi connectivity index (χ3v) is 3.00. The number of piperidine rings is 1. The van der Waals surface area contributed by atoms with Gasteiger partial charge in [-0.2, -0.15) is 0 Å². The molecule has 4 heteroatoms. The van der Waals surface area contributed by atoms with Crippen LogP contribution in [0.2, 0.25) is 0 Å². The number of anilines is 1. The Bertz CT molecular complexity index is 337. The number of nitrogens with zero attached hydrogens (tertiary/aromatic N) is 2. The van der Waals surface area contributed by atoms with Crippen LogP contribution in [0.3, 0.4) is 0 Å². The van der Waals surface area contributed by atoms with Gasteiger partial charge in [0.15, 0.2) is 0 Å². The van der Waals surface area contributed by atoms with Gasteiger partial charge in [-0.05, 0) is 31.9 Å². The maximum atomic E-state index is 9.60. The van der Waals surface area contributed by atoms with E-state index in [2.05, 4.69) is 9.88 Å². The van der Waals surface area contributed by atoms with E-state index < -0.39 is 0 Å². The lowest BCUT2D eigenvalue weighted by Gasteiger charge is -2.31. The molecule has 2 atom stereocenters. The first-order valence-corrected chi connectivity index (χ1v) is 5.81. The fraction of sp³-hybridized carbons (Fsp3) is 0.583. The molecule has 0 amide bonds. The monoisotopic (exact) mass is 221 g/mol. The first kappa shape index (κ1) is 11.4. The van der Waals surface area contributed by atoms with Gasteiger partial charge in [0, 0.05) is 19.1 Å². The molecule has 4 nitrogen and oxygen atoms in total. The van der Waals surface area contributed by atoms with Crippen LogP contribution in [0.25, 0.3) is 0 Å². The minimum absolute atomic E-state index is 0.0269. The fourth-order valence-corrected chi connectivity index (χ4v) is 2.04. The maximum absolute atomic E-state index is 9.60. The molecule has 0 aliphatic carbocycles. The van der Waals surface area contributed by atoms with E-state index in [0.29, 0.717) is 6.54 Å². The van der Waals surface area contributed by atoms with E-state index >= 15 is 0 Å². The van der Waals surface area contributed by atoms with Crippen LogP contribution >= 0.6 is 0 Å². The molecule has 1 aliphatic heterocycles. The summed E-state index contributed by atoms with van der Waals surface area (Å²) >= 11 is 0. The van der Waals surface area contributed by atoms with Crippen molar-refractivity contribution in [2.24, 2.45) is 5.73 Å². The van der Waals surface area contributed by atoms with Crippen molar-refractivity contribution in [3.63, 3.8) is 0 Å². The third-order valence-electron chi connectivity index (χ3n) is 3.00. The number of aromatic nitrogens is 1. The van der Waals surface area contributed by atoms with Gasteiger partial charge in [-0.3, -0.25) is 4.98 Å². The van der Waals surface area contributed by atoms with Gasteiger partial charge in [-0.15, -0.1) is 0 Å². The molecule has 1 fully saturated rings. The number of aliphatic hydroxyl groups is 1. The molecule has 0 aromatic carbocycles. The highest BCUT2D eigenvalue weighted by Gasteiger charge is 2.18. The average molecular weight is 221 g/mol. The Kier molecular flexibility index (Phi) is 3.41. The van der Waals surface area contributed by atoms with E-state index in [-0.39, 0.29) is 12.1 Å². The highest BCUT2D eigenvalue weighted by atomic mass is 16.3. The summed E-state index contributed by atoms with van der Waals surface area (Å²) in [6, 6.07) is 3.96. The minimum atomic E-state index is -0.207. The topological polar surface area (TPSA) is 62.4 Å². The first-order chi connectivity index (χ1) is 7.66. The van der Waals surface area contributed by atoms with Crippen molar-refractivity contribution in [3.8, 4) is 0 Å². The Morgan fingerprint density at radius 3 is 2.94 bits per heavy atom. The highest BCUT2D eigenvalue weighted by Crippen LogP contribution is 2.20. The van der Waals surface area contributed by atoms with E-state index in [9.17, 15) is 5.11 Å². The highest BCUT2D eigenvalue weighted by molar-refractivity contribution is 5.45. The zero-order valence-electron chi connectivity index (χ0n) is 9.63. The molecule has 2 unspecified atom stereocenters. The summed E-state index contributed by atoms with van der Waals surface area (Å²) in [7, 11) is 0. The van der Waals surface area contributed by atoms with Crippen molar-refractivity contribution >= 4 is 5.69 Å². The van der Waals surface area contributed by atoms with Gasteiger partial charge in [0.1, 0.15) is 0 Å². The molecule has 1 aromatic heterocycles. The van der Waals surface area contributed by atoms with Crippen molar-refractivity contribution in [2.75, 3.05) is 18.0 Å². The maximum Gasteiger partial charge on any atom is 0.0715 e. The number of rotatable bonds is 2. The fourth-order valence-electron chi connectivity index (χ4n) is 2.04. The van der Waals surface area contributed by atoms with Gasteiger partial charge in [-0.25, -0.2) is 0 Å². The second-order valence-electron chi connectivity index (χ2n) is 4.47. The molecule has 1 aromatic rings. The van der Waals surface area contributed by atoms with Crippen molar-refractivity contribution in [1.82, 2.24) is 4.98 Å². The van der Waals surface area contributed by atoms with Crippen LogP contribution in [0.15, 0.2) is 18.3 Å². The number of aliphatic hydroxyl groups excluding tert-OH is 1. The van der Waals surface area contributed by atoms with E-state index in [4.69, 9.17) is 5.73 Å². The van der Waals surface area contributed by atoms with Crippen molar-refractivity contribution in [2.45, 2.75) is 31.9 Å². The molecule has 0 spiro atoms. The van der Waals surface area contributed by atoms with Crippen LogP contribution in [-0.2, 0) is 0 Å². The minimum Gasteiger partial charge on any atom is -0.391 e. The largest absolute Gasteiger partial charge is 0.391 e. The van der Waals surface area contributed by atoms with E-state index in [1.165, 1.54) is 0 Å². The molecule has 1 saturated heterocycles. The van der Waals surface area contributed by atoms with Gasteiger partial charge in [0.05, 0.1) is 23.7 Å². The van der Waals surface area contributed by atoms with Gasteiger partial charge in [-0.1, -0.05) is 0 Å². The number of β-amino-alcohol motifs (C(OH)–C–C–N with tert-alkyl or cyclic N) is 1. The second kappa shape index (κ2) is 4.80. The Morgan fingerprint density at radius 2 is 2.38 bits per heavy atom. The number of hydrogen-bond donors (Lipinski definition) is 2. The van der Waals surface area contributed by atoms with Crippen LogP contribution < -0.4 is 10.6 Å². The quantitative estimate of drug-likeness (QED) is 0.784. The van der Waals surface area contributed by atoms with Crippen LogP contribution in [-0.4, -0.2) is 29.3 Å². The molecular weight excluding hydrogens is 202 g/mol. The zero-order chi connectivity index (χ0) is 11.5. The Balaban J connectivity index is 2.09. The summed E-state index contributed by atoms with van der Waals surface area (Å²) < 4.78 is 0. The predicted molar refractivity (Wildman–Crippen MR) is 64.3 cm³/mol. The molecule has 0 bridgehead atoms. The van der Waals surface area contributed by atoms with E-state index in [0.717, 1.165) is 30.8 Å². The van der Waals surface area contributed by atoms with Gasteiger partial charge < -0.3 is 15.7 Å². The average Bonchev–Trinajstić information content (AvgIpc) is 2.29. The van der Waals surface area contributed by atoms with E-state index in [1.807, 2.05) is 25.3 Å². The summed E-state index contributed by atoms with van der Waals surface area (Å²) in [4.78, 5) is 6.50. The zero-order valence-corrected chi connectivity index (χ0v) is 9.63. The van der Waals surface area contributed by atoms with E-state index in [1.54, 1.807) is 0 Å². The molecule has 2 rings (SSSR count). The Labute approximate surface area is 96.1 Å². The van der Waals surface area contributed by atoms with Crippen molar-refractivity contribution < 1.29 is 5.11 Å².